The smallest absolute Gasteiger partial charge is 0.0908 e. The van der Waals surface area contributed by atoms with Crippen molar-refractivity contribution in [3.63, 3.8) is 0 Å². The molecule has 45 heavy (non-hydrogen) atoms. The van der Waals surface area contributed by atoms with E-state index in [0.29, 0.717) is 24.0 Å². The second-order valence-electron chi connectivity index (χ2n) is 14.6. The van der Waals surface area contributed by atoms with E-state index in [2.05, 4.69) is 143 Å². The van der Waals surface area contributed by atoms with Gasteiger partial charge in [0.25, 0.3) is 0 Å². The van der Waals surface area contributed by atoms with E-state index in [-0.39, 0.29) is 0 Å². The molecule has 3 aliphatic carbocycles. The first-order valence-corrected chi connectivity index (χ1v) is 17.1. The van der Waals surface area contributed by atoms with Crippen molar-refractivity contribution in [1.82, 2.24) is 0 Å². The topological polar surface area (TPSA) is 0 Å². The van der Waals surface area contributed by atoms with Gasteiger partial charge in [-0.1, -0.05) is 143 Å². The summed E-state index contributed by atoms with van der Waals surface area (Å²) in [5, 5.41) is 0. The second kappa shape index (κ2) is 12.4. The van der Waals surface area contributed by atoms with Crippen LogP contribution in [0.2, 0.25) is 12.6 Å². The fourth-order valence-electron chi connectivity index (χ4n) is 8.37. The molecule has 0 saturated carbocycles. The van der Waals surface area contributed by atoms with Crippen molar-refractivity contribution in [3.05, 3.63) is 173 Å². The van der Waals surface area contributed by atoms with E-state index in [0.717, 1.165) is 31.6 Å². The Labute approximate surface area is 272 Å². The molecule has 0 bridgehead atoms. The van der Waals surface area contributed by atoms with Crippen molar-refractivity contribution in [2.75, 3.05) is 0 Å². The molecule has 224 valence electrons. The molecular formula is C44H46B+. The van der Waals surface area contributed by atoms with Crippen LogP contribution >= 0.6 is 0 Å². The summed E-state index contributed by atoms with van der Waals surface area (Å²) in [6.07, 6.45) is 20.9. The summed E-state index contributed by atoms with van der Waals surface area (Å²) in [7, 11) is 0. The van der Waals surface area contributed by atoms with Crippen molar-refractivity contribution in [3.8, 4) is 0 Å². The first-order chi connectivity index (χ1) is 21.9. The maximum absolute atomic E-state index is 4.73. The molecule has 1 heterocycles. The van der Waals surface area contributed by atoms with Gasteiger partial charge >= 0.3 is 0 Å². The lowest BCUT2D eigenvalue weighted by atomic mass is 9.42. The van der Waals surface area contributed by atoms with Gasteiger partial charge in [-0.2, -0.15) is 0 Å². The normalized spacial score (nSPS) is 23.5. The van der Waals surface area contributed by atoms with E-state index < -0.39 is 0 Å². The molecule has 1 saturated heterocycles. The first-order valence-electron chi connectivity index (χ1n) is 17.1. The number of rotatable bonds is 9. The van der Waals surface area contributed by atoms with Gasteiger partial charge in [0, 0.05) is 12.3 Å². The molecule has 3 unspecified atom stereocenters. The van der Waals surface area contributed by atoms with Gasteiger partial charge in [-0.3, -0.25) is 0 Å². The lowest BCUT2D eigenvalue weighted by Crippen LogP contribution is -2.27. The Hall–Kier alpha value is -3.97. The highest BCUT2D eigenvalue weighted by molar-refractivity contribution is 6.74. The average Bonchev–Trinajstić information content (AvgIpc) is 3.76. The highest BCUT2D eigenvalue weighted by Crippen LogP contribution is 2.51. The van der Waals surface area contributed by atoms with Gasteiger partial charge in [0.1, 0.15) is 0 Å². The van der Waals surface area contributed by atoms with Gasteiger partial charge in [0.15, 0.2) is 6.71 Å². The van der Waals surface area contributed by atoms with Crippen LogP contribution in [0.5, 0.6) is 0 Å². The third-order valence-electron chi connectivity index (χ3n) is 11.4. The van der Waals surface area contributed by atoms with Crippen molar-refractivity contribution < 1.29 is 0 Å². The number of benzene rings is 3. The molecule has 1 fully saturated rings. The Kier molecular flexibility index (Phi) is 8.22. The fraction of sp³-hybridized carbons (Fsp3) is 0.295. The van der Waals surface area contributed by atoms with E-state index in [4.69, 9.17) is 6.58 Å². The van der Waals surface area contributed by atoms with Gasteiger partial charge < -0.3 is 0 Å². The Balaban J connectivity index is 1.20. The quantitative estimate of drug-likeness (QED) is 0.173. The third kappa shape index (κ3) is 6.15. The summed E-state index contributed by atoms with van der Waals surface area (Å²) in [6.45, 7) is 12.8. The third-order valence-corrected chi connectivity index (χ3v) is 11.4. The number of fused-ring (bicyclic) bond motifs is 1. The standard InChI is InChI=1S/C44H46B/c1-31-29-45(30-44(31,3)4)38-22-19-33(20-23-38)21-24-39-37(25-34-15-11-12-16-34)27-42-41(26-35-13-7-5-8-14-35)32(2)40(28-43(39)42)36-17-9-6-10-18-36/h5-20,22-23,27-28,31,39,43H,2,21,24-26,29-30H2,1,3-4H3/q+1. The van der Waals surface area contributed by atoms with Crippen molar-refractivity contribution in [2.45, 2.75) is 59.1 Å². The van der Waals surface area contributed by atoms with E-state index in [1.54, 1.807) is 5.57 Å². The number of aryl methyl sites for hydroxylation is 1. The minimum Gasteiger partial charge on any atom is -0.0908 e. The molecule has 0 N–H and O–H groups in total. The molecule has 0 radical (unpaired) electrons. The van der Waals surface area contributed by atoms with Gasteiger partial charge in [-0.15, -0.1) is 0 Å². The first kappa shape index (κ1) is 29.7. The Morgan fingerprint density at radius 2 is 1.62 bits per heavy atom. The van der Waals surface area contributed by atoms with Gasteiger partial charge in [0.05, 0.1) is 30.2 Å². The molecule has 4 aliphatic rings. The molecule has 0 amide bonds. The van der Waals surface area contributed by atoms with E-state index >= 15 is 0 Å². The van der Waals surface area contributed by atoms with Crippen LogP contribution in [0.25, 0.3) is 5.57 Å². The van der Waals surface area contributed by atoms with Crippen LogP contribution in [-0.2, 0) is 12.8 Å². The summed E-state index contributed by atoms with van der Waals surface area (Å²) >= 11 is 0. The van der Waals surface area contributed by atoms with Crippen LogP contribution in [0.3, 0.4) is 0 Å². The average molecular weight is 586 g/mol. The molecule has 3 aromatic rings. The summed E-state index contributed by atoms with van der Waals surface area (Å²) in [6, 6.07) is 31.6. The van der Waals surface area contributed by atoms with Crippen molar-refractivity contribution in [1.29, 1.82) is 0 Å². The molecule has 3 aromatic carbocycles. The van der Waals surface area contributed by atoms with Crippen LogP contribution < -0.4 is 5.46 Å². The number of allylic oxidation sites excluding steroid dienone is 11. The maximum Gasteiger partial charge on any atom is 0.176 e. The highest BCUT2D eigenvalue weighted by Gasteiger charge is 2.40. The second-order valence-corrected chi connectivity index (χ2v) is 14.6. The highest BCUT2D eigenvalue weighted by atomic mass is 14.4. The zero-order valence-electron chi connectivity index (χ0n) is 27.3. The molecule has 7 rings (SSSR count). The Bertz CT molecular complexity index is 1710. The molecule has 3 atom stereocenters. The zero-order chi connectivity index (χ0) is 31.0. The van der Waals surface area contributed by atoms with E-state index in [1.165, 1.54) is 62.7 Å². The summed E-state index contributed by atoms with van der Waals surface area (Å²) in [5.74, 6) is 1.63. The minimum atomic E-state index is 0.371. The SMILES string of the molecule is C=C1C(c2ccccc2)=CC2C(=C1Cc1ccccc1)C=C(CC1=C[CH+]C=C1)C2CCc1ccc(B2CC(C)C(C)(C)C2)cc1. The molecule has 1 heteroatoms. The fourth-order valence-corrected chi connectivity index (χ4v) is 8.37. The summed E-state index contributed by atoms with van der Waals surface area (Å²) < 4.78 is 0. The van der Waals surface area contributed by atoms with Crippen molar-refractivity contribution >= 4 is 17.7 Å². The zero-order valence-corrected chi connectivity index (χ0v) is 27.3. The van der Waals surface area contributed by atoms with E-state index in [1.807, 2.05) is 0 Å². The predicted octanol–water partition coefficient (Wildman–Crippen LogP) is 10.5. The lowest BCUT2D eigenvalue weighted by Gasteiger charge is -2.30. The summed E-state index contributed by atoms with van der Waals surface area (Å²) in [5.41, 5.74) is 14.4. The van der Waals surface area contributed by atoms with Gasteiger partial charge in [0.2, 0.25) is 0 Å². The van der Waals surface area contributed by atoms with Crippen LogP contribution in [0.4, 0.5) is 0 Å². The van der Waals surface area contributed by atoms with Crippen molar-refractivity contribution in [2.24, 2.45) is 23.2 Å². The monoisotopic (exact) mass is 585 g/mol. The summed E-state index contributed by atoms with van der Waals surface area (Å²) in [4.78, 5) is 0. The predicted molar refractivity (Wildman–Crippen MR) is 195 cm³/mol. The molecule has 0 aromatic heterocycles. The Morgan fingerprint density at radius 3 is 2.29 bits per heavy atom. The molecule has 0 spiro atoms. The van der Waals surface area contributed by atoms with E-state index in [9.17, 15) is 0 Å². The molecular weight excluding hydrogens is 539 g/mol. The van der Waals surface area contributed by atoms with Crippen LogP contribution in [-0.4, -0.2) is 6.71 Å². The van der Waals surface area contributed by atoms with Gasteiger partial charge in [-0.25, -0.2) is 0 Å². The number of hydrogen-bond acceptors (Lipinski definition) is 0. The maximum atomic E-state index is 4.73. The van der Waals surface area contributed by atoms with Gasteiger partial charge in [-0.05, 0) is 81.1 Å². The van der Waals surface area contributed by atoms with Crippen LogP contribution in [0.1, 0.15) is 50.3 Å². The van der Waals surface area contributed by atoms with Crippen LogP contribution in [0, 0.1) is 29.6 Å². The molecule has 0 nitrogen and oxygen atoms in total. The molecule has 1 aliphatic heterocycles. The lowest BCUT2D eigenvalue weighted by molar-refractivity contribution is 0.306. The largest absolute Gasteiger partial charge is 0.176 e. The van der Waals surface area contributed by atoms with Crippen LogP contribution in [0.15, 0.2) is 150 Å². The minimum absolute atomic E-state index is 0.371. The number of hydrogen-bond donors (Lipinski definition) is 0. The Morgan fingerprint density at radius 1 is 0.889 bits per heavy atom.